The highest BCUT2D eigenvalue weighted by atomic mass is 35.5. The van der Waals surface area contributed by atoms with Crippen molar-refractivity contribution >= 4 is 24.0 Å². The molecule has 5 nitrogen and oxygen atoms in total. The minimum Gasteiger partial charge on any atom is -0.320 e. The fourth-order valence-electron chi connectivity index (χ4n) is 1.15. The van der Waals surface area contributed by atoms with Gasteiger partial charge in [-0.15, -0.1) is 12.4 Å². The van der Waals surface area contributed by atoms with Gasteiger partial charge in [0.25, 0.3) is 5.56 Å². The van der Waals surface area contributed by atoms with E-state index in [-0.39, 0.29) is 23.8 Å². The molecular weight excluding hydrogens is 247 g/mol. The van der Waals surface area contributed by atoms with Gasteiger partial charge in [-0.3, -0.25) is 4.79 Å². The lowest BCUT2D eigenvalue weighted by Crippen LogP contribution is -2.20. The van der Waals surface area contributed by atoms with Crippen LogP contribution in [0, 0.1) is 5.82 Å². The SMILES string of the molecule is Cl.Cn1ccnc(Nc2ccc(F)cn2)c1=O. The third kappa shape index (κ3) is 3.01. The van der Waals surface area contributed by atoms with Crippen molar-refractivity contribution in [3.05, 3.63) is 46.9 Å². The smallest absolute Gasteiger partial charge is 0.293 e. The Labute approximate surface area is 103 Å². The molecule has 0 aromatic carbocycles. The van der Waals surface area contributed by atoms with Crippen LogP contribution in [0.15, 0.2) is 35.5 Å². The summed E-state index contributed by atoms with van der Waals surface area (Å²) >= 11 is 0. The molecule has 2 rings (SSSR count). The summed E-state index contributed by atoms with van der Waals surface area (Å²) < 4.78 is 14.0. The quantitative estimate of drug-likeness (QED) is 0.884. The zero-order chi connectivity index (χ0) is 11.5. The molecule has 0 aliphatic carbocycles. The first-order valence-corrected chi connectivity index (χ1v) is 4.57. The molecule has 0 atom stereocenters. The highest BCUT2D eigenvalue weighted by Gasteiger charge is 2.03. The van der Waals surface area contributed by atoms with Crippen molar-refractivity contribution in [2.45, 2.75) is 0 Å². The molecule has 0 bridgehead atoms. The number of anilines is 2. The van der Waals surface area contributed by atoms with Crippen molar-refractivity contribution in [1.29, 1.82) is 0 Å². The first-order valence-electron chi connectivity index (χ1n) is 4.57. The van der Waals surface area contributed by atoms with E-state index >= 15 is 0 Å². The fourth-order valence-corrected chi connectivity index (χ4v) is 1.15. The van der Waals surface area contributed by atoms with Crippen LogP contribution in [0.4, 0.5) is 16.0 Å². The van der Waals surface area contributed by atoms with Crippen LogP contribution in [0.3, 0.4) is 0 Å². The Morgan fingerprint density at radius 2 is 2.12 bits per heavy atom. The van der Waals surface area contributed by atoms with E-state index in [0.29, 0.717) is 5.82 Å². The molecule has 0 fully saturated rings. The summed E-state index contributed by atoms with van der Waals surface area (Å²) in [5, 5.41) is 2.72. The van der Waals surface area contributed by atoms with E-state index in [2.05, 4.69) is 15.3 Å². The Hall–Kier alpha value is -1.95. The summed E-state index contributed by atoms with van der Waals surface area (Å²) in [6.07, 6.45) is 4.11. The molecule has 0 aliphatic heterocycles. The monoisotopic (exact) mass is 256 g/mol. The Balaban J connectivity index is 0.00000144. The predicted octanol–water partition coefficient (Wildman–Crippen LogP) is 1.48. The maximum atomic E-state index is 12.6. The summed E-state index contributed by atoms with van der Waals surface area (Å²) in [4.78, 5) is 19.2. The molecule has 2 aromatic rings. The van der Waals surface area contributed by atoms with Crippen LogP contribution in [0.25, 0.3) is 0 Å². The molecule has 90 valence electrons. The van der Waals surface area contributed by atoms with E-state index in [9.17, 15) is 9.18 Å². The van der Waals surface area contributed by atoms with E-state index < -0.39 is 5.82 Å². The number of halogens is 2. The summed E-state index contributed by atoms with van der Waals surface area (Å²) in [7, 11) is 1.62. The Morgan fingerprint density at radius 3 is 2.76 bits per heavy atom. The first-order chi connectivity index (χ1) is 7.66. The number of nitrogens with one attached hydrogen (secondary N) is 1. The van der Waals surface area contributed by atoms with Crippen molar-refractivity contribution in [2.24, 2.45) is 7.05 Å². The van der Waals surface area contributed by atoms with Gasteiger partial charge in [0.05, 0.1) is 6.20 Å². The van der Waals surface area contributed by atoms with Crippen LogP contribution < -0.4 is 10.9 Å². The minimum atomic E-state index is -0.431. The van der Waals surface area contributed by atoms with Gasteiger partial charge in [0.2, 0.25) is 0 Å². The van der Waals surface area contributed by atoms with Crippen molar-refractivity contribution < 1.29 is 4.39 Å². The molecule has 0 unspecified atom stereocenters. The largest absolute Gasteiger partial charge is 0.320 e. The van der Waals surface area contributed by atoms with Gasteiger partial charge in [-0.1, -0.05) is 0 Å². The van der Waals surface area contributed by atoms with Crippen LogP contribution in [0.1, 0.15) is 0 Å². The van der Waals surface area contributed by atoms with E-state index in [1.165, 1.54) is 22.9 Å². The van der Waals surface area contributed by atoms with Gasteiger partial charge in [-0.05, 0) is 12.1 Å². The molecule has 0 spiro atoms. The van der Waals surface area contributed by atoms with Gasteiger partial charge >= 0.3 is 0 Å². The molecular formula is C10H10ClFN4O. The number of aromatic nitrogens is 3. The number of rotatable bonds is 2. The topological polar surface area (TPSA) is 59.8 Å². The van der Waals surface area contributed by atoms with Gasteiger partial charge < -0.3 is 9.88 Å². The molecule has 0 saturated heterocycles. The fraction of sp³-hybridized carbons (Fsp3) is 0.100. The predicted molar refractivity (Wildman–Crippen MR) is 64.2 cm³/mol. The number of hydrogen-bond donors (Lipinski definition) is 1. The lowest BCUT2D eigenvalue weighted by Gasteiger charge is -2.04. The second-order valence-corrected chi connectivity index (χ2v) is 3.18. The lowest BCUT2D eigenvalue weighted by molar-refractivity contribution is 0.622. The highest BCUT2D eigenvalue weighted by Crippen LogP contribution is 2.07. The zero-order valence-corrected chi connectivity index (χ0v) is 9.74. The van der Waals surface area contributed by atoms with Crippen molar-refractivity contribution in [2.75, 3.05) is 5.32 Å². The Morgan fingerprint density at radius 1 is 1.35 bits per heavy atom. The maximum absolute atomic E-state index is 12.6. The van der Waals surface area contributed by atoms with Crippen molar-refractivity contribution in [3.8, 4) is 0 Å². The van der Waals surface area contributed by atoms with Crippen LogP contribution in [0.2, 0.25) is 0 Å². The van der Waals surface area contributed by atoms with Gasteiger partial charge in [-0.25, -0.2) is 14.4 Å². The van der Waals surface area contributed by atoms with Crippen molar-refractivity contribution in [3.63, 3.8) is 0 Å². The third-order valence-electron chi connectivity index (χ3n) is 1.99. The molecule has 2 heterocycles. The normalized spacial score (nSPS) is 9.53. The molecule has 0 amide bonds. The number of nitrogens with zero attached hydrogens (tertiary/aromatic N) is 3. The van der Waals surface area contributed by atoms with Crippen LogP contribution >= 0.6 is 12.4 Å². The molecule has 17 heavy (non-hydrogen) atoms. The van der Waals surface area contributed by atoms with E-state index in [1.807, 2.05) is 0 Å². The van der Waals surface area contributed by atoms with Crippen molar-refractivity contribution in [1.82, 2.24) is 14.5 Å². The summed E-state index contributed by atoms with van der Waals surface area (Å²) in [6.45, 7) is 0. The lowest BCUT2D eigenvalue weighted by atomic mass is 10.4. The average Bonchev–Trinajstić information content (AvgIpc) is 2.28. The summed E-state index contributed by atoms with van der Waals surface area (Å²) in [5.41, 5.74) is -0.270. The molecule has 0 aliphatic rings. The standard InChI is InChI=1S/C10H9FN4O.ClH/c1-15-5-4-12-9(10(15)16)14-8-3-2-7(11)6-13-8;/h2-6H,1H3,(H,12,13,14);1H. The number of pyridine rings is 1. The van der Waals surface area contributed by atoms with E-state index in [4.69, 9.17) is 0 Å². The van der Waals surface area contributed by atoms with Gasteiger partial charge in [0, 0.05) is 19.4 Å². The maximum Gasteiger partial charge on any atom is 0.293 e. The van der Waals surface area contributed by atoms with Crippen LogP contribution in [-0.4, -0.2) is 14.5 Å². The molecule has 2 aromatic heterocycles. The first kappa shape index (κ1) is 13.1. The molecule has 7 heteroatoms. The van der Waals surface area contributed by atoms with Gasteiger partial charge in [0.15, 0.2) is 5.82 Å². The third-order valence-corrected chi connectivity index (χ3v) is 1.99. The van der Waals surface area contributed by atoms with E-state index in [0.717, 1.165) is 6.20 Å². The molecule has 1 N–H and O–H groups in total. The Kier molecular flexibility index (Phi) is 4.17. The summed E-state index contributed by atoms with van der Waals surface area (Å²) in [6, 6.07) is 2.69. The van der Waals surface area contributed by atoms with Crippen LogP contribution in [-0.2, 0) is 7.05 Å². The molecule has 0 saturated carbocycles. The number of aryl methyl sites for hydroxylation is 1. The highest BCUT2D eigenvalue weighted by molar-refractivity contribution is 5.85. The zero-order valence-electron chi connectivity index (χ0n) is 8.92. The summed E-state index contributed by atoms with van der Waals surface area (Å²) in [5.74, 6) is 0.0979. The van der Waals surface area contributed by atoms with E-state index in [1.54, 1.807) is 13.2 Å². The Bertz CT molecular complexity index is 555. The van der Waals surface area contributed by atoms with Crippen LogP contribution in [0.5, 0.6) is 0 Å². The van der Waals surface area contributed by atoms with Gasteiger partial charge in [0.1, 0.15) is 11.6 Å². The number of hydrogen-bond acceptors (Lipinski definition) is 4. The average molecular weight is 257 g/mol. The minimum absolute atomic E-state index is 0. The second kappa shape index (κ2) is 5.40. The molecule has 0 radical (unpaired) electrons. The second-order valence-electron chi connectivity index (χ2n) is 3.18. The van der Waals surface area contributed by atoms with Gasteiger partial charge in [-0.2, -0.15) is 0 Å².